The van der Waals surface area contributed by atoms with Gasteiger partial charge in [0.05, 0.1) is 6.42 Å². The van der Waals surface area contributed by atoms with Crippen molar-refractivity contribution in [1.82, 2.24) is 0 Å². The van der Waals surface area contributed by atoms with Crippen molar-refractivity contribution in [3.63, 3.8) is 0 Å². The van der Waals surface area contributed by atoms with Gasteiger partial charge in [0, 0.05) is 18.0 Å². The highest BCUT2D eigenvalue weighted by Gasteiger charge is 2.02. The van der Waals surface area contributed by atoms with Crippen LogP contribution in [0.15, 0.2) is 24.3 Å². The molecule has 3 N–H and O–H groups in total. The molecule has 4 nitrogen and oxygen atoms in total. The summed E-state index contributed by atoms with van der Waals surface area (Å²) in [6.45, 7) is 0. The summed E-state index contributed by atoms with van der Waals surface area (Å²) in [5, 5.41) is 2.74. The third-order valence-corrected chi connectivity index (χ3v) is 2.42. The fourth-order valence-electron chi connectivity index (χ4n) is 1.36. The molecule has 0 saturated heterocycles. The second-order valence-electron chi connectivity index (χ2n) is 3.68. The molecule has 0 fully saturated rings. The molecule has 0 aliphatic rings. The zero-order valence-electron chi connectivity index (χ0n) is 9.41. The highest BCUT2D eigenvalue weighted by Crippen LogP contribution is 2.10. The van der Waals surface area contributed by atoms with Crippen LogP contribution in [0.5, 0.6) is 0 Å². The van der Waals surface area contributed by atoms with Gasteiger partial charge < -0.3 is 11.1 Å². The Morgan fingerprint density at radius 3 is 2.41 bits per heavy atom. The number of carbonyl (C=O) groups is 2. The monoisotopic (exact) mass is 254 g/mol. The van der Waals surface area contributed by atoms with E-state index in [1.54, 1.807) is 24.3 Å². The first-order valence-corrected chi connectivity index (χ1v) is 5.88. The zero-order valence-corrected chi connectivity index (χ0v) is 10.2. The number of anilines is 1. The molecule has 0 radical (unpaired) electrons. The molecule has 0 aliphatic carbocycles. The fourth-order valence-corrected chi connectivity index (χ4v) is 1.49. The van der Waals surface area contributed by atoms with Crippen molar-refractivity contribution in [3.8, 4) is 0 Å². The van der Waals surface area contributed by atoms with Crippen molar-refractivity contribution < 1.29 is 9.59 Å². The van der Waals surface area contributed by atoms with Gasteiger partial charge in [-0.3, -0.25) is 9.59 Å². The smallest absolute Gasteiger partial charge is 0.224 e. The Kier molecular flexibility index (Phi) is 5.49. The van der Waals surface area contributed by atoms with Gasteiger partial charge in [-0.05, 0) is 24.1 Å². The van der Waals surface area contributed by atoms with Crippen molar-refractivity contribution in [2.24, 2.45) is 5.73 Å². The average Bonchev–Trinajstić information content (AvgIpc) is 2.28. The summed E-state index contributed by atoms with van der Waals surface area (Å²) in [4.78, 5) is 22.1. The molecule has 0 bridgehead atoms. The van der Waals surface area contributed by atoms with Crippen molar-refractivity contribution in [2.75, 3.05) is 11.2 Å². The molecule has 0 heterocycles. The van der Waals surface area contributed by atoms with E-state index in [4.69, 9.17) is 17.3 Å². The third-order valence-electron chi connectivity index (χ3n) is 2.15. The normalized spacial score (nSPS) is 9.94. The largest absolute Gasteiger partial charge is 0.369 e. The van der Waals surface area contributed by atoms with Gasteiger partial charge in [-0.15, -0.1) is 11.6 Å². The minimum Gasteiger partial charge on any atom is -0.369 e. The van der Waals surface area contributed by atoms with Gasteiger partial charge in [0.25, 0.3) is 0 Å². The van der Waals surface area contributed by atoms with E-state index in [1.807, 2.05) is 0 Å². The number of benzene rings is 1. The minimum absolute atomic E-state index is 0.0618. The summed E-state index contributed by atoms with van der Waals surface area (Å²) < 4.78 is 0. The number of carbonyl (C=O) groups excluding carboxylic acids is 2. The number of hydrogen-bond acceptors (Lipinski definition) is 2. The highest BCUT2D eigenvalue weighted by molar-refractivity contribution is 6.18. The van der Waals surface area contributed by atoms with Gasteiger partial charge in [-0.1, -0.05) is 12.1 Å². The van der Waals surface area contributed by atoms with E-state index in [0.29, 0.717) is 24.4 Å². The van der Waals surface area contributed by atoms with E-state index in [-0.39, 0.29) is 18.2 Å². The summed E-state index contributed by atoms with van der Waals surface area (Å²) in [5.74, 6) is 0.0440. The molecule has 0 atom stereocenters. The van der Waals surface area contributed by atoms with Crippen LogP contribution >= 0.6 is 11.6 Å². The van der Waals surface area contributed by atoms with Crippen molar-refractivity contribution >= 4 is 29.1 Å². The maximum atomic E-state index is 11.4. The van der Waals surface area contributed by atoms with Crippen LogP contribution < -0.4 is 11.1 Å². The van der Waals surface area contributed by atoms with Crippen molar-refractivity contribution in [2.45, 2.75) is 19.3 Å². The first-order chi connectivity index (χ1) is 8.11. The number of hydrogen-bond donors (Lipinski definition) is 2. The van der Waals surface area contributed by atoms with E-state index >= 15 is 0 Å². The van der Waals surface area contributed by atoms with Crippen LogP contribution in [0, 0.1) is 0 Å². The summed E-state index contributed by atoms with van der Waals surface area (Å²) in [6.07, 6.45) is 1.28. The molecule has 1 aromatic rings. The Morgan fingerprint density at radius 2 is 1.88 bits per heavy atom. The first kappa shape index (κ1) is 13.5. The zero-order chi connectivity index (χ0) is 12.7. The van der Waals surface area contributed by atoms with Gasteiger partial charge in [0.1, 0.15) is 0 Å². The molecule has 1 rings (SSSR count). The summed E-state index contributed by atoms with van der Waals surface area (Å²) in [7, 11) is 0. The average molecular weight is 255 g/mol. The van der Waals surface area contributed by atoms with Crippen LogP contribution in [-0.2, 0) is 16.0 Å². The minimum atomic E-state index is -0.371. The van der Waals surface area contributed by atoms with Gasteiger partial charge in [0.2, 0.25) is 11.8 Å². The predicted octanol–water partition coefficient (Wildman–Crippen LogP) is 1.67. The van der Waals surface area contributed by atoms with Crippen molar-refractivity contribution in [1.29, 1.82) is 0 Å². The van der Waals surface area contributed by atoms with Gasteiger partial charge in [-0.2, -0.15) is 0 Å². The summed E-state index contributed by atoms with van der Waals surface area (Å²) in [5.41, 5.74) is 6.61. The molecule has 0 unspecified atom stereocenters. The molecule has 92 valence electrons. The van der Waals surface area contributed by atoms with E-state index in [0.717, 1.165) is 5.56 Å². The molecule has 0 aromatic heterocycles. The van der Waals surface area contributed by atoms with E-state index in [9.17, 15) is 9.59 Å². The maximum Gasteiger partial charge on any atom is 0.224 e. The van der Waals surface area contributed by atoms with Crippen molar-refractivity contribution in [3.05, 3.63) is 29.8 Å². The summed E-state index contributed by atoms with van der Waals surface area (Å²) >= 11 is 5.49. The second kappa shape index (κ2) is 6.91. The SMILES string of the molecule is NC(=O)Cc1ccc(NC(=O)CCCCl)cc1. The molecular weight excluding hydrogens is 240 g/mol. The van der Waals surface area contributed by atoms with Gasteiger partial charge in [-0.25, -0.2) is 0 Å². The van der Waals surface area contributed by atoms with Gasteiger partial charge in [0.15, 0.2) is 0 Å². The molecule has 1 aromatic carbocycles. The predicted molar refractivity (Wildman–Crippen MR) is 67.9 cm³/mol. The van der Waals surface area contributed by atoms with Crippen LogP contribution in [0.3, 0.4) is 0 Å². The Balaban J connectivity index is 2.50. The third kappa shape index (κ3) is 5.36. The van der Waals surface area contributed by atoms with Crippen LogP contribution in [0.1, 0.15) is 18.4 Å². The molecule has 17 heavy (non-hydrogen) atoms. The Hall–Kier alpha value is -1.55. The topological polar surface area (TPSA) is 72.2 Å². The molecule has 5 heteroatoms. The lowest BCUT2D eigenvalue weighted by atomic mass is 10.1. The number of primary amides is 1. The fraction of sp³-hybridized carbons (Fsp3) is 0.333. The highest BCUT2D eigenvalue weighted by atomic mass is 35.5. The quantitative estimate of drug-likeness (QED) is 0.758. The van der Waals surface area contributed by atoms with Crippen LogP contribution in [0.25, 0.3) is 0 Å². The standard InChI is InChI=1S/C12H15ClN2O2/c13-7-1-2-12(17)15-10-5-3-9(4-6-10)8-11(14)16/h3-6H,1-2,7-8H2,(H2,14,16)(H,15,17). The number of nitrogens with two attached hydrogens (primary N) is 1. The first-order valence-electron chi connectivity index (χ1n) is 5.35. The van der Waals surface area contributed by atoms with Crippen LogP contribution in [-0.4, -0.2) is 17.7 Å². The van der Waals surface area contributed by atoms with E-state index < -0.39 is 0 Å². The molecule has 2 amide bonds. The number of nitrogens with one attached hydrogen (secondary N) is 1. The molecule has 0 saturated carbocycles. The Morgan fingerprint density at radius 1 is 1.24 bits per heavy atom. The number of rotatable bonds is 6. The second-order valence-corrected chi connectivity index (χ2v) is 4.06. The molecule has 0 spiro atoms. The lowest BCUT2D eigenvalue weighted by Gasteiger charge is -2.05. The molecular formula is C12H15ClN2O2. The van der Waals surface area contributed by atoms with E-state index in [2.05, 4.69) is 5.32 Å². The van der Waals surface area contributed by atoms with Gasteiger partial charge >= 0.3 is 0 Å². The maximum absolute atomic E-state index is 11.4. The number of amides is 2. The number of alkyl halides is 1. The lowest BCUT2D eigenvalue weighted by molar-refractivity contribution is -0.117. The Labute approximate surface area is 105 Å². The van der Waals surface area contributed by atoms with Crippen LogP contribution in [0.4, 0.5) is 5.69 Å². The molecule has 0 aliphatic heterocycles. The van der Waals surface area contributed by atoms with Crippen LogP contribution in [0.2, 0.25) is 0 Å². The summed E-state index contributed by atoms with van der Waals surface area (Å²) in [6, 6.07) is 7.03. The number of halogens is 1. The Bertz CT molecular complexity index is 390. The van der Waals surface area contributed by atoms with E-state index in [1.165, 1.54) is 0 Å². The lowest BCUT2D eigenvalue weighted by Crippen LogP contribution is -2.14.